The van der Waals surface area contributed by atoms with Crippen LogP contribution in [0.15, 0.2) is 121 Å². The first-order valence-electron chi connectivity index (χ1n) is 15.4. The fourth-order valence-electron chi connectivity index (χ4n) is 5.16. The van der Waals surface area contributed by atoms with Crippen LogP contribution in [-0.2, 0) is 54.8 Å². The summed E-state index contributed by atoms with van der Waals surface area (Å²) >= 11 is 0. The normalized spacial score (nSPS) is 21.7. The molecule has 5 atom stereocenters. The molecule has 7 heteroatoms. The molecular formula is C37H43NO6. The van der Waals surface area contributed by atoms with E-state index in [-0.39, 0.29) is 0 Å². The van der Waals surface area contributed by atoms with Crippen LogP contribution in [0, 0.1) is 0 Å². The standard InChI is InChI=1S/C37H43NO6/c38-22-13-23-40-37-36(43-27-32-20-11-4-12-21-32)35(42-26-31-18-9-3-10-19-31)34(41-25-30-16-7-2-8-17-30)33(44-37)28-39-24-29-14-5-1-6-15-29/h1-12,14-21,33-37H,13,22-28,38H2/t33-,34-,35+,36+,37?/m1/s1. The highest BCUT2D eigenvalue weighted by Crippen LogP contribution is 2.31. The van der Waals surface area contributed by atoms with E-state index in [9.17, 15) is 0 Å². The summed E-state index contributed by atoms with van der Waals surface area (Å²) in [6.07, 6.45) is -2.04. The molecule has 0 radical (unpaired) electrons. The van der Waals surface area contributed by atoms with Crippen LogP contribution in [0.3, 0.4) is 0 Å². The van der Waals surface area contributed by atoms with Crippen molar-refractivity contribution >= 4 is 0 Å². The number of hydrogen-bond acceptors (Lipinski definition) is 7. The minimum Gasteiger partial charge on any atom is -0.374 e. The average Bonchev–Trinajstić information content (AvgIpc) is 3.08. The topological polar surface area (TPSA) is 81.4 Å². The lowest BCUT2D eigenvalue weighted by atomic mass is 9.97. The third-order valence-electron chi connectivity index (χ3n) is 7.47. The molecule has 4 aromatic carbocycles. The number of benzene rings is 4. The molecule has 0 bridgehead atoms. The molecule has 7 nitrogen and oxygen atoms in total. The van der Waals surface area contributed by atoms with Crippen molar-refractivity contribution in [2.24, 2.45) is 5.73 Å². The van der Waals surface area contributed by atoms with E-state index in [4.69, 9.17) is 34.2 Å². The Labute approximate surface area is 260 Å². The number of nitrogens with two attached hydrogens (primary N) is 1. The van der Waals surface area contributed by atoms with E-state index in [1.54, 1.807) is 0 Å². The number of hydrogen-bond donors (Lipinski definition) is 1. The maximum atomic E-state index is 6.71. The van der Waals surface area contributed by atoms with Crippen LogP contribution in [-0.4, -0.2) is 50.5 Å². The van der Waals surface area contributed by atoms with Gasteiger partial charge in [0, 0.05) is 0 Å². The van der Waals surface area contributed by atoms with Gasteiger partial charge in [0.1, 0.15) is 24.4 Å². The van der Waals surface area contributed by atoms with E-state index in [0.29, 0.717) is 52.6 Å². The van der Waals surface area contributed by atoms with E-state index >= 15 is 0 Å². The van der Waals surface area contributed by atoms with Crippen LogP contribution in [0.4, 0.5) is 0 Å². The van der Waals surface area contributed by atoms with Gasteiger partial charge in [0.2, 0.25) is 0 Å². The van der Waals surface area contributed by atoms with E-state index in [1.165, 1.54) is 0 Å². The SMILES string of the molecule is NCCCOC1O[C@H](COCc2ccccc2)[C@@H](OCc2ccccc2)[C@H](OCc2ccccc2)[C@@H]1OCc1ccccc1. The van der Waals surface area contributed by atoms with Crippen molar-refractivity contribution in [1.82, 2.24) is 0 Å². The van der Waals surface area contributed by atoms with Gasteiger partial charge in [0.05, 0.1) is 39.6 Å². The van der Waals surface area contributed by atoms with Gasteiger partial charge in [-0.3, -0.25) is 0 Å². The molecule has 0 aliphatic carbocycles. The molecule has 0 aromatic heterocycles. The summed E-state index contributed by atoms with van der Waals surface area (Å²) < 4.78 is 39.1. The van der Waals surface area contributed by atoms with Crippen molar-refractivity contribution in [3.8, 4) is 0 Å². The Morgan fingerprint density at radius 1 is 0.500 bits per heavy atom. The minimum atomic E-state index is -0.701. The molecule has 1 unspecified atom stereocenters. The van der Waals surface area contributed by atoms with Crippen LogP contribution in [0.25, 0.3) is 0 Å². The third kappa shape index (κ3) is 9.81. The van der Waals surface area contributed by atoms with Crippen molar-refractivity contribution < 1.29 is 28.4 Å². The quantitative estimate of drug-likeness (QED) is 0.148. The summed E-state index contributed by atoms with van der Waals surface area (Å²) in [6, 6.07) is 40.4. The van der Waals surface area contributed by atoms with Crippen LogP contribution in [0.5, 0.6) is 0 Å². The van der Waals surface area contributed by atoms with Gasteiger partial charge in [-0.25, -0.2) is 0 Å². The second kappa shape index (κ2) is 17.8. The van der Waals surface area contributed by atoms with Crippen molar-refractivity contribution in [1.29, 1.82) is 0 Å². The average molecular weight is 598 g/mol. The van der Waals surface area contributed by atoms with E-state index in [0.717, 1.165) is 22.3 Å². The fraction of sp³-hybridized carbons (Fsp3) is 0.351. The van der Waals surface area contributed by atoms with Crippen molar-refractivity contribution in [2.75, 3.05) is 19.8 Å². The molecule has 0 saturated carbocycles. The van der Waals surface area contributed by atoms with Crippen molar-refractivity contribution in [3.63, 3.8) is 0 Å². The molecule has 4 aromatic rings. The number of ether oxygens (including phenoxy) is 6. The summed E-state index contributed by atoms with van der Waals surface area (Å²) in [5.74, 6) is 0. The first-order valence-corrected chi connectivity index (χ1v) is 15.4. The van der Waals surface area contributed by atoms with E-state index < -0.39 is 30.7 Å². The number of rotatable bonds is 17. The Bertz CT molecular complexity index is 1310. The zero-order valence-corrected chi connectivity index (χ0v) is 25.1. The summed E-state index contributed by atoms with van der Waals surface area (Å²) in [5, 5.41) is 0. The molecule has 0 spiro atoms. The maximum absolute atomic E-state index is 6.71. The first-order chi connectivity index (χ1) is 21.8. The lowest BCUT2D eigenvalue weighted by molar-refractivity contribution is -0.328. The second-order valence-corrected chi connectivity index (χ2v) is 10.8. The molecule has 1 fully saturated rings. The maximum Gasteiger partial charge on any atom is 0.186 e. The summed E-state index contributed by atoms with van der Waals surface area (Å²) in [6.45, 7) is 2.84. The van der Waals surface area contributed by atoms with E-state index in [1.807, 2.05) is 109 Å². The minimum absolute atomic E-state index is 0.293. The van der Waals surface area contributed by atoms with Crippen LogP contribution < -0.4 is 5.73 Å². The second-order valence-electron chi connectivity index (χ2n) is 10.8. The van der Waals surface area contributed by atoms with Gasteiger partial charge in [0.25, 0.3) is 0 Å². The highest BCUT2D eigenvalue weighted by molar-refractivity contribution is 5.16. The van der Waals surface area contributed by atoms with Crippen LogP contribution >= 0.6 is 0 Å². The Hall–Kier alpha value is -3.40. The van der Waals surface area contributed by atoms with Gasteiger partial charge >= 0.3 is 0 Å². The molecule has 5 rings (SSSR count). The molecule has 44 heavy (non-hydrogen) atoms. The lowest BCUT2D eigenvalue weighted by Crippen LogP contribution is -2.61. The van der Waals surface area contributed by atoms with Gasteiger partial charge in [-0.1, -0.05) is 121 Å². The fourth-order valence-corrected chi connectivity index (χ4v) is 5.16. The predicted octanol–water partition coefficient (Wildman–Crippen LogP) is 6.05. The molecule has 1 heterocycles. The van der Waals surface area contributed by atoms with E-state index in [2.05, 4.69) is 12.1 Å². The van der Waals surface area contributed by atoms with Gasteiger partial charge in [-0.05, 0) is 35.2 Å². The molecule has 232 valence electrons. The van der Waals surface area contributed by atoms with Crippen LogP contribution in [0.2, 0.25) is 0 Å². The highest BCUT2D eigenvalue weighted by Gasteiger charge is 2.49. The highest BCUT2D eigenvalue weighted by atomic mass is 16.7. The third-order valence-corrected chi connectivity index (χ3v) is 7.47. The molecule has 1 aliphatic rings. The Morgan fingerprint density at radius 2 is 0.932 bits per heavy atom. The molecule has 0 amide bonds. The molecule has 1 aliphatic heterocycles. The molecular weight excluding hydrogens is 554 g/mol. The summed E-state index contributed by atoms with van der Waals surface area (Å²) in [4.78, 5) is 0. The summed E-state index contributed by atoms with van der Waals surface area (Å²) in [7, 11) is 0. The summed E-state index contributed by atoms with van der Waals surface area (Å²) in [5.41, 5.74) is 10.0. The Balaban J connectivity index is 1.41. The van der Waals surface area contributed by atoms with Gasteiger partial charge in [-0.15, -0.1) is 0 Å². The predicted molar refractivity (Wildman–Crippen MR) is 169 cm³/mol. The van der Waals surface area contributed by atoms with Gasteiger partial charge in [0.15, 0.2) is 6.29 Å². The van der Waals surface area contributed by atoms with Crippen LogP contribution in [0.1, 0.15) is 28.7 Å². The molecule has 1 saturated heterocycles. The van der Waals surface area contributed by atoms with Gasteiger partial charge < -0.3 is 34.2 Å². The molecule has 2 N–H and O–H groups in total. The smallest absolute Gasteiger partial charge is 0.186 e. The Morgan fingerprint density at radius 3 is 1.41 bits per heavy atom. The lowest BCUT2D eigenvalue weighted by Gasteiger charge is -2.46. The largest absolute Gasteiger partial charge is 0.374 e. The van der Waals surface area contributed by atoms with Gasteiger partial charge in [-0.2, -0.15) is 0 Å². The monoisotopic (exact) mass is 597 g/mol. The first kappa shape index (κ1) is 32.0. The van der Waals surface area contributed by atoms with Crippen molar-refractivity contribution in [2.45, 2.75) is 63.6 Å². The zero-order chi connectivity index (χ0) is 30.2. The zero-order valence-electron chi connectivity index (χ0n) is 25.1. The van der Waals surface area contributed by atoms with Crippen molar-refractivity contribution in [3.05, 3.63) is 144 Å². The Kier molecular flexibility index (Phi) is 12.9.